The number of rotatable bonds is 1. The Morgan fingerprint density at radius 1 is 0.905 bits per heavy atom. The molecule has 102 valence electrons. The van der Waals surface area contributed by atoms with Crippen LogP contribution in [0.25, 0.3) is 28.7 Å². The molecule has 0 bridgehead atoms. The van der Waals surface area contributed by atoms with Gasteiger partial charge >= 0.3 is 0 Å². The monoisotopic (exact) mass is 271 g/mol. The van der Waals surface area contributed by atoms with Crippen LogP contribution in [0.2, 0.25) is 0 Å². The first-order chi connectivity index (χ1) is 10.3. The molecular weight excluding hydrogens is 254 g/mol. The van der Waals surface area contributed by atoms with Gasteiger partial charge in [-0.15, -0.1) is 0 Å². The molecule has 1 heteroatoms. The Morgan fingerprint density at radius 3 is 2.52 bits per heavy atom. The molecule has 0 N–H and O–H groups in total. The number of benzene rings is 2. The molecule has 3 aromatic rings. The van der Waals surface area contributed by atoms with Crippen molar-refractivity contribution in [1.82, 2.24) is 4.57 Å². The molecule has 0 radical (unpaired) electrons. The Bertz CT molecular complexity index is 973. The van der Waals surface area contributed by atoms with Crippen LogP contribution in [0.3, 0.4) is 0 Å². The number of nitrogens with zero attached hydrogens (tertiary/aromatic N) is 1. The van der Waals surface area contributed by atoms with Crippen molar-refractivity contribution < 1.29 is 0 Å². The summed E-state index contributed by atoms with van der Waals surface area (Å²) >= 11 is 0. The molecule has 1 saturated carbocycles. The molecule has 1 nitrogen and oxygen atoms in total. The molecule has 5 rings (SSSR count). The number of aromatic nitrogens is 1. The minimum absolute atomic E-state index is 0.769. The van der Waals surface area contributed by atoms with Crippen LogP contribution < -0.4 is 10.6 Å². The molecule has 1 fully saturated rings. The van der Waals surface area contributed by atoms with E-state index in [2.05, 4.69) is 72.2 Å². The minimum Gasteiger partial charge on any atom is -0.310 e. The van der Waals surface area contributed by atoms with E-state index in [4.69, 9.17) is 0 Å². The Balaban J connectivity index is 1.95. The fourth-order valence-corrected chi connectivity index (χ4v) is 3.63. The summed E-state index contributed by atoms with van der Waals surface area (Å²) in [7, 11) is 0. The normalized spacial score (nSPS) is 22.1. The fraction of sp³-hybridized carbons (Fsp3) is 0.200. The second-order valence-electron chi connectivity index (χ2n) is 6.38. The molecule has 2 unspecified atom stereocenters. The van der Waals surface area contributed by atoms with E-state index in [-0.39, 0.29) is 0 Å². The number of hydrogen-bond donors (Lipinski definition) is 0. The van der Waals surface area contributed by atoms with Gasteiger partial charge in [0.1, 0.15) is 0 Å². The highest BCUT2D eigenvalue weighted by molar-refractivity contribution is 5.85. The minimum atomic E-state index is 0.769. The van der Waals surface area contributed by atoms with Gasteiger partial charge in [-0.1, -0.05) is 48.0 Å². The van der Waals surface area contributed by atoms with Crippen molar-refractivity contribution in [3.05, 3.63) is 64.7 Å². The van der Waals surface area contributed by atoms with Gasteiger partial charge in [0.15, 0.2) is 0 Å². The second kappa shape index (κ2) is 3.88. The maximum Gasteiger partial charge on any atom is 0.0540 e. The standard InChI is InChI=1S/C20H17N/c1-13-6-8-16(9-7-13)21-19-5-3-2-4-17(19)18-11-14-10-15(14)12-20(18)21/h2-9,11-12,14-15H,10H2,1H3. The fourth-order valence-electron chi connectivity index (χ4n) is 3.63. The Labute approximate surface area is 123 Å². The zero-order valence-electron chi connectivity index (χ0n) is 12.1. The molecular formula is C20H17N. The summed E-state index contributed by atoms with van der Waals surface area (Å²) < 4.78 is 2.43. The summed E-state index contributed by atoms with van der Waals surface area (Å²) in [5.74, 6) is 1.56. The summed E-state index contributed by atoms with van der Waals surface area (Å²) in [5.41, 5.74) is 3.89. The van der Waals surface area contributed by atoms with Gasteiger partial charge in [0.25, 0.3) is 0 Å². The second-order valence-corrected chi connectivity index (χ2v) is 6.38. The average Bonchev–Trinajstić information content (AvgIpc) is 3.20. The summed E-state index contributed by atoms with van der Waals surface area (Å²) in [4.78, 5) is 0. The van der Waals surface area contributed by atoms with Crippen LogP contribution in [0.15, 0.2) is 48.5 Å². The molecule has 0 amide bonds. The zero-order chi connectivity index (χ0) is 14.0. The Kier molecular flexibility index (Phi) is 2.11. The van der Waals surface area contributed by atoms with Crippen molar-refractivity contribution in [2.24, 2.45) is 11.8 Å². The van der Waals surface area contributed by atoms with E-state index in [1.807, 2.05) is 0 Å². The smallest absolute Gasteiger partial charge is 0.0540 e. The van der Waals surface area contributed by atoms with Gasteiger partial charge in [0.05, 0.1) is 10.9 Å². The lowest BCUT2D eigenvalue weighted by Gasteiger charge is -2.07. The molecule has 2 aliphatic carbocycles. The summed E-state index contributed by atoms with van der Waals surface area (Å²) in [5, 5.41) is 4.21. The maximum absolute atomic E-state index is 2.49. The third-order valence-corrected chi connectivity index (χ3v) is 4.89. The Hall–Kier alpha value is -2.28. The molecule has 21 heavy (non-hydrogen) atoms. The first-order valence-corrected chi connectivity index (χ1v) is 7.71. The number of hydrogen-bond acceptors (Lipinski definition) is 0. The van der Waals surface area contributed by atoms with E-state index in [1.165, 1.54) is 39.1 Å². The predicted octanol–water partition coefficient (Wildman–Crippen LogP) is 3.15. The molecule has 1 aromatic heterocycles. The van der Waals surface area contributed by atoms with Gasteiger partial charge in [0, 0.05) is 16.3 Å². The average molecular weight is 271 g/mol. The van der Waals surface area contributed by atoms with Crippen molar-refractivity contribution in [1.29, 1.82) is 0 Å². The molecule has 2 atom stereocenters. The van der Waals surface area contributed by atoms with E-state index >= 15 is 0 Å². The van der Waals surface area contributed by atoms with Crippen LogP contribution in [0.5, 0.6) is 0 Å². The van der Waals surface area contributed by atoms with E-state index in [1.54, 1.807) is 0 Å². The van der Waals surface area contributed by atoms with E-state index < -0.39 is 0 Å². The van der Waals surface area contributed by atoms with Crippen molar-refractivity contribution in [3.8, 4) is 5.69 Å². The lowest BCUT2D eigenvalue weighted by Crippen LogP contribution is -2.30. The number of fused-ring (bicyclic) bond motifs is 4. The highest BCUT2D eigenvalue weighted by Gasteiger charge is 2.35. The van der Waals surface area contributed by atoms with Gasteiger partial charge in [-0.25, -0.2) is 0 Å². The molecule has 2 aliphatic rings. The predicted molar refractivity (Wildman–Crippen MR) is 87.8 cm³/mol. The number of aryl methyl sites for hydroxylation is 1. The summed E-state index contributed by atoms with van der Waals surface area (Å²) in [6.45, 7) is 2.14. The van der Waals surface area contributed by atoms with Crippen molar-refractivity contribution >= 4 is 23.1 Å². The van der Waals surface area contributed by atoms with Crippen LogP contribution >= 0.6 is 0 Å². The molecule has 0 saturated heterocycles. The highest BCUT2D eigenvalue weighted by Crippen LogP contribution is 2.42. The third kappa shape index (κ3) is 1.58. The maximum atomic E-state index is 2.49. The van der Waals surface area contributed by atoms with Gasteiger partial charge in [-0.05, 0) is 43.4 Å². The van der Waals surface area contributed by atoms with Crippen LogP contribution in [-0.4, -0.2) is 4.57 Å². The highest BCUT2D eigenvalue weighted by atomic mass is 15.0. The van der Waals surface area contributed by atoms with Crippen LogP contribution in [0.4, 0.5) is 0 Å². The first-order valence-electron chi connectivity index (χ1n) is 7.71. The SMILES string of the molecule is Cc1ccc(-n2c3c(c4ccccc42)=CC2CC2C=3)cc1. The van der Waals surface area contributed by atoms with Gasteiger partial charge in [-0.2, -0.15) is 0 Å². The summed E-state index contributed by atoms with van der Waals surface area (Å²) in [6.07, 6.45) is 6.31. The van der Waals surface area contributed by atoms with Gasteiger partial charge in [-0.3, -0.25) is 0 Å². The number of para-hydroxylation sites is 1. The van der Waals surface area contributed by atoms with Crippen LogP contribution in [0, 0.1) is 18.8 Å². The van der Waals surface area contributed by atoms with E-state index in [0.29, 0.717) is 0 Å². The van der Waals surface area contributed by atoms with E-state index in [0.717, 1.165) is 11.8 Å². The van der Waals surface area contributed by atoms with Crippen LogP contribution in [-0.2, 0) is 0 Å². The van der Waals surface area contributed by atoms with Crippen LogP contribution in [0.1, 0.15) is 12.0 Å². The van der Waals surface area contributed by atoms with E-state index in [9.17, 15) is 0 Å². The largest absolute Gasteiger partial charge is 0.310 e. The summed E-state index contributed by atoms with van der Waals surface area (Å²) in [6, 6.07) is 17.6. The molecule has 1 heterocycles. The van der Waals surface area contributed by atoms with Gasteiger partial charge < -0.3 is 4.57 Å². The lowest BCUT2D eigenvalue weighted by atomic mass is 10.1. The van der Waals surface area contributed by atoms with Crippen molar-refractivity contribution in [2.45, 2.75) is 13.3 Å². The third-order valence-electron chi connectivity index (χ3n) is 4.89. The molecule has 2 aromatic carbocycles. The van der Waals surface area contributed by atoms with Crippen molar-refractivity contribution in [3.63, 3.8) is 0 Å². The topological polar surface area (TPSA) is 4.93 Å². The van der Waals surface area contributed by atoms with Crippen molar-refractivity contribution in [2.75, 3.05) is 0 Å². The Morgan fingerprint density at radius 2 is 1.67 bits per heavy atom. The molecule has 0 aliphatic heterocycles. The first kappa shape index (κ1) is 11.4. The quantitative estimate of drug-likeness (QED) is 0.641. The lowest BCUT2D eigenvalue weighted by molar-refractivity contribution is 1.00. The zero-order valence-corrected chi connectivity index (χ0v) is 12.1. The van der Waals surface area contributed by atoms with Gasteiger partial charge in [0.2, 0.25) is 0 Å². The molecule has 0 spiro atoms.